The molecule has 0 saturated heterocycles. The van der Waals surface area contributed by atoms with Crippen LogP contribution in [0.5, 0.6) is 0 Å². The molecule has 0 bridgehead atoms. The van der Waals surface area contributed by atoms with Gasteiger partial charge in [-0.15, -0.1) is 23.1 Å². The first-order valence-electron chi connectivity index (χ1n) is 12.5. The predicted octanol–water partition coefficient (Wildman–Crippen LogP) is 5.77. The molecule has 2 N–H and O–H groups in total. The topological polar surface area (TPSA) is 112 Å². The molecular formula is C27H32N4O4S2. The molecular weight excluding hydrogens is 508 g/mol. The quantitative estimate of drug-likeness (QED) is 0.431. The first-order chi connectivity index (χ1) is 17.6. The van der Waals surface area contributed by atoms with Crippen molar-refractivity contribution in [2.45, 2.75) is 75.7 Å². The molecule has 0 spiro atoms. The third kappa shape index (κ3) is 6.84. The van der Waals surface area contributed by atoms with Crippen LogP contribution in [0.3, 0.4) is 0 Å². The second kappa shape index (κ2) is 11.2. The molecule has 1 fully saturated rings. The number of hydrogen-bond donors (Lipinski definition) is 2. The van der Waals surface area contributed by atoms with Crippen LogP contribution in [0.1, 0.15) is 63.0 Å². The van der Waals surface area contributed by atoms with Crippen molar-refractivity contribution >= 4 is 51.7 Å². The van der Waals surface area contributed by atoms with Crippen LogP contribution in [0, 0.1) is 17.2 Å². The number of nitrogens with zero attached hydrogens (tertiary/aromatic N) is 2. The van der Waals surface area contributed by atoms with Crippen molar-refractivity contribution < 1.29 is 19.1 Å². The van der Waals surface area contributed by atoms with Crippen molar-refractivity contribution in [2.75, 3.05) is 17.2 Å². The smallest absolute Gasteiger partial charge is 0.410 e. The largest absolute Gasteiger partial charge is 0.444 e. The Morgan fingerprint density at radius 2 is 2.03 bits per heavy atom. The number of hydrogen-bond acceptors (Lipinski definition) is 7. The maximum Gasteiger partial charge on any atom is 0.410 e. The zero-order chi connectivity index (χ0) is 26.7. The summed E-state index contributed by atoms with van der Waals surface area (Å²) in [7, 11) is 0. The van der Waals surface area contributed by atoms with Gasteiger partial charge in [-0.2, -0.15) is 5.26 Å². The molecule has 0 radical (unpaired) electrons. The Hall–Kier alpha value is -3.03. The lowest BCUT2D eigenvalue weighted by Gasteiger charge is -2.29. The molecule has 1 saturated carbocycles. The van der Waals surface area contributed by atoms with Crippen LogP contribution < -0.4 is 10.6 Å². The van der Waals surface area contributed by atoms with Gasteiger partial charge >= 0.3 is 6.09 Å². The zero-order valence-electron chi connectivity index (χ0n) is 21.6. The Morgan fingerprint density at radius 3 is 2.68 bits per heavy atom. The van der Waals surface area contributed by atoms with E-state index in [-0.39, 0.29) is 29.1 Å². The third-order valence-electron chi connectivity index (χ3n) is 6.05. The van der Waals surface area contributed by atoms with Crippen molar-refractivity contribution in [3.8, 4) is 6.07 Å². The highest BCUT2D eigenvalue weighted by molar-refractivity contribution is 8.00. The second-order valence-corrected chi connectivity index (χ2v) is 12.6. The SMILES string of the molecule is CCC(Sc1cccc(NC(=O)C2CC2)c1)C(=O)Nc1sc2c(c1C#N)CCN(C(=O)OC(C)(C)C)C2. The summed E-state index contributed by atoms with van der Waals surface area (Å²) < 4.78 is 5.50. The summed E-state index contributed by atoms with van der Waals surface area (Å²) in [6.07, 6.45) is 2.63. The van der Waals surface area contributed by atoms with Crippen LogP contribution in [0.4, 0.5) is 15.5 Å². The van der Waals surface area contributed by atoms with E-state index in [9.17, 15) is 19.6 Å². The fourth-order valence-corrected chi connectivity index (χ4v) is 6.24. The summed E-state index contributed by atoms with van der Waals surface area (Å²) >= 11 is 2.77. The number of nitrogens with one attached hydrogen (secondary N) is 2. The summed E-state index contributed by atoms with van der Waals surface area (Å²) in [4.78, 5) is 41.3. The van der Waals surface area contributed by atoms with Gasteiger partial charge in [0.05, 0.1) is 17.4 Å². The van der Waals surface area contributed by atoms with Crippen molar-refractivity contribution in [3.05, 3.63) is 40.3 Å². The molecule has 3 amide bonds. The van der Waals surface area contributed by atoms with Crippen LogP contribution in [0.15, 0.2) is 29.2 Å². The van der Waals surface area contributed by atoms with Gasteiger partial charge in [0.2, 0.25) is 11.8 Å². The Balaban J connectivity index is 1.43. The number of carbonyl (C=O) groups excluding carboxylic acids is 3. The van der Waals surface area contributed by atoms with E-state index in [1.165, 1.54) is 23.1 Å². The molecule has 1 aromatic carbocycles. The molecule has 8 nitrogen and oxygen atoms in total. The molecule has 10 heteroatoms. The van der Waals surface area contributed by atoms with Gasteiger partial charge < -0.3 is 20.3 Å². The van der Waals surface area contributed by atoms with E-state index in [0.717, 1.165) is 33.9 Å². The molecule has 1 atom stereocenters. The highest BCUT2D eigenvalue weighted by Gasteiger charge is 2.31. The number of amides is 3. The minimum Gasteiger partial charge on any atom is -0.444 e. The summed E-state index contributed by atoms with van der Waals surface area (Å²) in [5.41, 5.74) is 1.51. The van der Waals surface area contributed by atoms with Crippen LogP contribution in [0.25, 0.3) is 0 Å². The van der Waals surface area contributed by atoms with Gasteiger partial charge in [0.15, 0.2) is 0 Å². The minimum absolute atomic E-state index is 0.0443. The summed E-state index contributed by atoms with van der Waals surface area (Å²) in [5, 5.41) is 15.9. The van der Waals surface area contributed by atoms with E-state index >= 15 is 0 Å². The Morgan fingerprint density at radius 1 is 1.27 bits per heavy atom. The number of anilines is 2. The highest BCUT2D eigenvalue weighted by Crippen LogP contribution is 2.38. The van der Waals surface area contributed by atoms with E-state index in [4.69, 9.17) is 4.74 Å². The van der Waals surface area contributed by atoms with Crippen LogP contribution in [0.2, 0.25) is 0 Å². The third-order valence-corrected chi connectivity index (χ3v) is 8.54. The molecule has 196 valence electrons. The second-order valence-electron chi connectivity index (χ2n) is 10.3. The Kier molecular flexibility index (Phi) is 8.14. The number of fused-ring (bicyclic) bond motifs is 1. The number of ether oxygens (including phenoxy) is 1. The van der Waals surface area contributed by atoms with E-state index in [0.29, 0.717) is 36.5 Å². The molecule has 1 aromatic heterocycles. The molecule has 1 aliphatic heterocycles. The Labute approximate surface area is 225 Å². The minimum atomic E-state index is -0.584. The van der Waals surface area contributed by atoms with E-state index in [1.807, 2.05) is 52.0 Å². The summed E-state index contributed by atoms with van der Waals surface area (Å²) in [6.45, 7) is 8.24. The average Bonchev–Trinajstić information content (AvgIpc) is 3.63. The molecule has 37 heavy (non-hydrogen) atoms. The highest BCUT2D eigenvalue weighted by atomic mass is 32.2. The van der Waals surface area contributed by atoms with Gasteiger partial charge in [0.25, 0.3) is 0 Å². The summed E-state index contributed by atoms with van der Waals surface area (Å²) in [5.74, 6) is -0.0190. The van der Waals surface area contributed by atoms with Gasteiger partial charge in [0.1, 0.15) is 16.7 Å². The predicted molar refractivity (Wildman–Crippen MR) is 146 cm³/mol. The van der Waals surface area contributed by atoms with E-state index in [1.54, 1.807) is 4.90 Å². The average molecular weight is 541 g/mol. The molecule has 1 aliphatic carbocycles. The van der Waals surface area contributed by atoms with Gasteiger partial charge in [-0.3, -0.25) is 9.59 Å². The maximum atomic E-state index is 13.2. The van der Waals surface area contributed by atoms with Crippen LogP contribution >= 0.6 is 23.1 Å². The number of carbonyl (C=O) groups is 3. The number of thiophene rings is 1. The molecule has 2 heterocycles. The lowest BCUT2D eigenvalue weighted by Crippen LogP contribution is -2.39. The zero-order valence-corrected chi connectivity index (χ0v) is 23.2. The number of thioether (sulfide) groups is 1. The van der Waals surface area contributed by atoms with Crippen molar-refractivity contribution in [1.29, 1.82) is 5.26 Å². The standard InChI is InChI=1S/C27H32N4O4S2/c1-5-21(36-18-8-6-7-17(13-18)29-23(32)16-9-10-16)24(33)30-25-20(14-28)19-11-12-31(15-22(19)37-25)26(34)35-27(2,3)4/h6-8,13,16,21H,5,9-12,15H2,1-4H3,(H,29,32)(H,30,33). The first kappa shape index (κ1) is 27.0. The molecule has 4 rings (SSSR count). The van der Waals surface area contributed by atoms with Crippen molar-refractivity contribution in [2.24, 2.45) is 5.92 Å². The van der Waals surface area contributed by atoms with E-state index in [2.05, 4.69) is 16.7 Å². The molecule has 1 unspecified atom stereocenters. The number of rotatable bonds is 7. The lowest BCUT2D eigenvalue weighted by atomic mass is 10.0. The van der Waals surface area contributed by atoms with Crippen molar-refractivity contribution in [3.63, 3.8) is 0 Å². The van der Waals surface area contributed by atoms with Crippen LogP contribution in [-0.2, 0) is 27.3 Å². The number of nitriles is 1. The molecule has 2 aliphatic rings. The normalized spacial score (nSPS) is 15.8. The first-order valence-corrected chi connectivity index (χ1v) is 14.2. The van der Waals surface area contributed by atoms with E-state index < -0.39 is 5.60 Å². The fourth-order valence-electron chi connectivity index (χ4n) is 4.01. The van der Waals surface area contributed by atoms with Crippen molar-refractivity contribution in [1.82, 2.24) is 4.90 Å². The number of benzene rings is 1. The van der Waals surface area contributed by atoms with Crippen LogP contribution in [-0.4, -0.2) is 40.2 Å². The molecule has 2 aromatic rings. The van der Waals surface area contributed by atoms with Gasteiger partial charge in [-0.25, -0.2) is 4.79 Å². The maximum absolute atomic E-state index is 13.2. The Bertz CT molecular complexity index is 1240. The van der Waals surface area contributed by atoms with Gasteiger partial charge in [0, 0.05) is 27.9 Å². The summed E-state index contributed by atoms with van der Waals surface area (Å²) in [6, 6.07) is 9.77. The van der Waals surface area contributed by atoms with Gasteiger partial charge in [-0.1, -0.05) is 13.0 Å². The monoisotopic (exact) mass is 540 g/mol. The lowest BCUT2D eigenvalue weighted by molar-refractivity contribution is -0.117. The fraction of sp³-hybridized carbons (Fsp3) is 0.481. The van der Waals surface area contributed by atoms with Gasteiger partial charge in [-0.05, 0) is 70.2 Å².